The molecule has 27 heavy (non-hydrogen) atoms. The number of thiazole rings is 1. The van der Waals surface area contributed by atoms with Gasteiger partial charge in [-0.2, -0.15) is 0 Å². The van der Waals surface area contributed by atoms with Crippen molar-refractivity contribution in [1.82, 2.24) is 9.38 Å². The summed E-state index contributed by atoms with van der Waals surface area (Å²) in [5, 5.41) is 0. The average molecular weight is 371 g/mol. The largest absolute Gasteiger partial charge is 0.341 e. The van der Waals surface area contributed by atoms with E-state index < -0.39 is 0 Å². The van der Waals surface area contributed by atoms with Gasteiger partial charge >= 0.3 is 0 Å². The number of rotatable bonds is 2. The van der Waals surface area contributed by atoms with Crippen LogP contribution in [-0.4, -0.2) is 15.9 Å². The molecular weight excluding hydrogens is 354 g/mol. The first kappa shape index (κ1) is 16.0. The molecule has 0 radical (unpaired) electrons. The molecule has 0 saturated heterocycles. The second kappa shape index (κ2) is 6.21. The highest BCUT2D eigenvalue weighted by molar-refractivity contribution is 7.15. The van der Waals surface area contributed by atoms with Gasteiger partial charge in [0.1, 0.15) is 0 Å². The van der Waals surface area contributed by atoms with Crippen molar-refractivity contribution in [3.05, 3.63) is 86.8 Å². The monoisotopic (exact) mass is 371 g/mol. The van der Waals surface area contributed by atoms with Gasteiger partial charge in [-0.25, -0.2) is 9.38 Å². The third kappa shape index (κ3) is 2.51. The Bertz CT molecular complexity index is 1340. The van der Waals surface area contributed by atoms with E-state index in [2.05, 4.69) is 47.2 Å². The van der Waals surface area contributed by atoms with Crippen molar-refractivity contribution in [1.29, 1.82) is 0 Å². The van der Waals surface area contributed by atoms with Crippen molar-refractivity contribution in [2.75, 3.05) is 11.4 Å². The summed E-state index contributed by atoms with van der Waals surface area (Å²) >= 11 is 1.43. The predicted molar refractivity (Wildman–Crippen MR) is 113 cm³/mol. The normalized spacial score (nSPS) is 16.0. The zero-order valence-electron chi connectivity index (χ0n) is 14.8. The van der Waals surface area contributed by atoms with E-state index >= 15 is 0 Å². The van der Waals surface area contributed by atoms with Crippen molar-refractivity contribution < 1.29 is 0 Å². The van der Waals surface area contributed by atoms with Crippen molar-refractivity contribution >= 4 is 45.2 Å². The van der Waals surface area contributed by atoms with Crippen LogP contribution in [0.25, 0.3) is 28.1 Å². The summed E-state index contributed by atoms with van der Waals surface area (Å²) in [6.07, 6.45) is 8.15. The first-order chi connectivity index (χ1) is 13.3. The Hall–Kier alpha value is -3.18. The van der Waals surface area contributed by atoms with Crippen LogP contribution in [0.1, 0.15) is 12.5 Å². The molecular formula is C22H17N3OS. The minimum atomic E-state index is -0.0104. The van der Waals surface area contributed by atoms with E-state index in [0.717, 1.165) is 28.2 Å². The van der Waals surface area contributed by atoms with E-state index in [0.29, 0.717) is 4.53 Å². The highest BCUT2D eigenvalue weighted by atomic mass is 32.1. The van der Waals surface area contributed by atoms with Crippen molar-refractivity contribution in [3.63, 3.8) is 0 Å². The summed E-state index contributed by atoms with van der Waals surface area (Å²) in [6.45, 7) is 3.00. The highest BCUT2D eigenvalue weighted by Crippen LogP contribution is 2.30. The Balaban J connectivity index is 1.63. The van der Waals surface area contributed by atoms with Crippen molar-refractivity contribution in [3.8, 4) is 0 Å². The standard InChI is InChI=1S/C22H17N3OS/c1-2-24-16(12-11-15-7-3-5-9-18(15)24)13-14-20-21(26)25-19-10-6-4-8-17(19)23-22(25)27-20/h3-14H,2H2,1H3/b16-13?,20-14-. The molecule has 0 amide bonds. The summed E-state index contributed by atoms with van der Waals surface area (Å²) in [4.78, 5) is 20.4. The van der Waals surface area contributed by atoms with E-state index in [1.165, 1.54) is 22.6 Å². The summed E-state index contributed by atoms with van der Waals surface area (Å²) in [5.74, 6) is 0. The third-order valence-corrected chi connectivity index (χ3v) is 5.83. The van der Waals surface area contributed by atoms with Crippen LogP contribution in [0.15, 0.2) is 71.2 Å². The van der Waals surface area contributed by atoms with Crippen LogP contribution in [0.3, 0.4) is 0 Å². The Morgan fingerprint density at radius 1 is 1.04 bits per heavy atom. The lowest BCUT2D eigenvalue weighted by atomic mass is 10.1. The lowest BCUT2D eigenvalue weighted by Crippen LogP contribution is -2.24. The van der Waals surface area contributed by atoms with Crippen LogP contribution in [-0.2, 0) is 0 Å². The second-order valence-electron chi connectivity index (χ2n) is 6.38. The Kier molecular flexibility index (Phi) is 3.69. The fraction of sp³-hybridized carbons (Fsp3) is 0.0909. The molecule has 0 unspecified atom stereocenters. The van der Waals surface area contributed by atoms with Gasteiger partial charge in [0.2, 0.25) is 0 Å². The smallest absolute Gasteiger partial charge is 0.274 e. The van der Waals surface area contributed by atoms with E-state index in [4.69, 9.17) is 0 Å². The maximum absolute atomic E-state index is 12.9. The van der Waals surface area contributed by atoms with E-state index in [1.54, 1.807) is 4.40 Å². The molecule has 5 heteroatoms. The lowest BCUT2D eigenvalue weighted by molar-refractivity contribution is 0.972. The molecule has 0 fully saturated rings. The van der Waals surface area contributed by atoms with Crippen LogP contribution in [0.4, 0.5) is 5.69 Å². The minimum Gasteiger partial charge on any atom is -0.341 e. The molecule has 0 bridgehead atoms. The number of hydrogen-bond acceptors (Lipinski definition) is 4. The van der Waals surface area contributed by atoms with Gasteiger partial charge in [-0.05, 0) is 48.9 Å². The van der Waals surface area contributed by atoms with Gasteiger partial charge in [0.15, 0.2) is 4.96 Å². The number of nitrogens with zero attached hydrogens (tertiary/aromatic N) is 3. The number of likely N-dealkylation sites (N-methyl/N-ethyl adjacent to an activating group) is 1. The van der Waals surface area contributed by atoms with Crippen LogP contribution in [0.2, 0.25) is 0 Å². The maximum Gasteiger partial charge on any atom is 0.274 e. The van der Waals surface area contributed by atoms with Gasteiger partial charge in [0.05, 0.1) is 15.6 Å². The van der Waals surface area contributed by atoms with Crippen molar-refractivity contribution in [2.45, 2.75) is 6.92 Å². The quantitative estimate of drug-likeness (QED) is 0.537. The minimum absolute atomic E-state index is 0.0104. The first-order valence-electron chi connectivity index (χ1n) is 8.93. The number of imidazole rings is 1. The molecule has 132 valence electrons. The van der Waals surface area contributed by atoms with Crippen LogP contribution < -0.4 is 15.0 Å². The number of hydrogen-bond donors (Lipinski definition) is 0. The lowest BCUT2D eigenvalue weighted by Gasteiger charge is -2.29. The molecule has 1 aliphatic heterocycles. The summed E-state index contributed by atoms with van der Waals surface area (Å²) in [7, 11) is 0. The van der Waals surface area contributed by atoms with Crippen LogP contribution in [0, 0.1) is 0 Å². The molecule has 0 saturated carbocycles. The molecule has 0 spiro atoms. The molecule has 2 aromatic heterocycles. The zero-order chi connectivity index (χ0) is 18.4. The maximum atomic E-state index is 12.9. The fourth-order valence-electron chi connectivity index (χ4n) is 3.56. The predicted octanol–water partition coefficient (Wildman–Crippen LogP) is 3.85. The zero-order valence-corrected chi connectivity index (χ0v) is 15.6. The molecule has 0 N–H and O–H groups in total. The number of anilines is 1. The summed E-state index contributed by atoms with van der Waals surface area (Å²) in [6, 6.07) is 16.1. The number of fused-ring (bicyclic) bond motifs is 4. The molecule has 4 nitrogen and oxygen atoms in total. The molecule has 4 aromatic rings. The molecule has 3 heterocycles. The molecule has 0 atom stereocenters. The Morgan fingerprint density at radius 2 is 1.85 bits per heavy atom. The molecule has 1 aliphatic rings. The number of aromatic nitrogens is 2. The highest BCUT2D eigenvalue weighted by Gasteiger charge is 2.15. The second-order valence-corrected chi connectivity index (χ2v) is 7.39. The van der Waals surface area contributed by atoms with Crippen LogP contribution >= 0.6 is 11.3 Å². The van der Waals surface area contributed by atoms with Gasteiger partial charge < -0.3 is 4.90 Å². The van der Waals surface area contributed by atoms with Gasteiger partial charge in [-0.1, -0.05) is 47.7 Å². The molecule has 0 aliphatic carbocycles. The van der Waals surface area contributed by atoms with Gasteiger partial charge in [-0.15, -0.1) is 0 Å². The molecule has 2 aromatic carbocycles. The van der Waals surface area contributed by atoms with E-state index in [9.17, 15) is 4.79 Å². The van der Waals surface area contributed by atoms with E-state index in [1.807, 2.05) is 42.5 Å². The van der Waals surface area contributed by atoms with Gasteiger partial charge in [0, 0.05) is 17.9 Å². The summed E-state index contributed by atoms with van der Waals surface area (Å²) in [5.41, 5.74) is 5.19. The topological polar surface area (TPSA) is 37.6 Å². The molecule has 5 rings (SSSR count). The van der Waals surface area contributed by atoms with Crippen LogP contribution in [0.5, 0.6) is 0 Å². The fourth-order valence-corrected chi connectivity index (χ4v) is 4.49. The van der Waals surface area contributed by atoms with Gasteiger partial charge in [0.25, 0.3) is 5.56 Å². The van der Waals surface area contributed by atoms with E-state index in [-0.39, 0.29) is 5.56 Å². The first-order valence-corrected chi connectivity index (χ1v) is 9.74. The number of benzene rings is 2. The van der Waals surface area contributed by atoms with Gasteiger partial charge in [-0.3, -0.25) is 4.79 Å². The third-order valence-electron chi connectivity index (χ3n) is 4.84. The average Bonchev–Trinajstić information content (AvgIpc) is 3.22. The Labute approximate surface area is 160 Å². The number of para-hydroxylation sites is 3. The summed E-state index contributed by atoms with van der Waals surface area (Å²) < 4.78 is 2.40. The number of allylic oxidation sites excluding steroid dienone is 2. The Morgan fingerprint density at radius 3 is 2.74 bits per heavy atom. The SMILES string of the molecule is CCN1C(=C/C=c2\sc3nc4ccccc4n3c2=O)C=Cc2ccccc21. The van der Waals surface area contributed by atoms with Crippen molar-refractivity contribution in [2.24, 2.45) is 0 Å².